The fourth-order valence-corrected chi connectivity index (χ4v) is 5.88. The molecule has 2 aliphatic carbocycles. The summed E-state index contributed by atoms with van der Waals surface area (Å²) in [5.74, 6) is 0.610. The van der Waals surface area contributed by atoms with Gasteiger partial charge in [0, 0.05) is 50.1 Å². The topological polar surface area (TPSA) is 73.5 Å². The van der Waals surface area contributed by atoms with Crippen molar-refractivity contribution < 1.29 is 14.0 Å². The summed E-state index contributed by atoms with van der Waals surface area (Å²) in [7, 11) is 0. The third kappa shape index (κ3) is 4.35. The van der Waals surface area contributed by atoms with Gasteiger partial charge in [-0.2, -0.15) is 0 Å². The summed E-state index contributed by atoms with van der Waals surface area (Å²) in [4.78, 5) is 26.9. The highest BCUT2D eigenvalue weighted by Gasteiger charge is 2.46. The quantitative estimate of drug-likeness (QED) is 0.676. The van der Waals surface area contributed by atoms with Gasteiger partial charge in [0.05, 0.1) is 6.04 Å². The van der Waals surface area contributed by atoms with Crippen LogP contribution in [-0.4, -0.2) is 66.7 Å². The number of rotatable bonds is 3. The normalized spacial score (nSPS) is 42.4. The average Bonchev–Trinajstić information content (AvgIpc) is 3.04. The van der Waals surface area contributed by atoms with Crippen molar-refractivity contribution in [2.75, 3.05) is 19.6 Å². The molecule has 0 spiro atoms. The summed E-state index contributed by atoms with van der Waals surface area (Å²) in [5.41, 5.74) is 0. The molecule has 4 aliphatic rings. The van der Waals surface area contributed by atoms with Crippen LogP contribution in [0.15, 0.2) is 0 Å². The Morgan fingerprint density at radius 2 is 2.04 bits per heavy atom. The van der Waals surface area contributed by atoms with E-state index in [1.54, 1.807) is 0 Å². The summed E-state index contributed by atoms with van der Waals surface area (Å²) in [6, 6.07) is 0.497. The van der Waals surface area contributed by atoms with Gasteiger partial charge in [-0.05, 0) is 50.9 Å². The van der Waals surface area contributed by atoms with Gasteiger partial charge in [-0.15, -0.1) is 0 Å². The van der Waals surface area contributed by atoms with Crippen LogP contribution in [-0.2, 0) is 9.59 Å². The molecule has 3 N–H and O–H groups in total. The second-order valence-corrected chi connectivity index (χ2v) is 9.38. The van der Waals surface area contributed by atoms with Gasteiger partial charge in [-0.25, -0.2) is 4.39 Å². The summed E-state index contributed by atoms with van der Waals surface area (Å²) >= 11 is 0. The Kier molecular flexibility index (Phi) is 6.21. The number of carbonyl (C=O) groups excluding carboxylic acids is 2. The molecule has 0 radical (unpaired) electrons. The molecule has 4 rings (SSSR count). The molecule has 2 saturated carbocycles. The number of amides is 2. The Balaban J connectivity index is 1.30. The molecule has 0 aromatic heterocycles. The first-order valence-electron chi connectivity index (χ1n) is 11.2. The van der Waals surface area contributed by atoms with E-state index in [9.17, 15) is 14.0 Å². The number of hydrogen-bond donors (Lipinski definition) is 3. The molecule has 0 aromatic carbocycles. The predicted molar refractivity (Wildman–Crippen MR) is 105 cm³/mol. The van der Waals surface area contributed by atoms with Crippen molar-refractivity contribution >= 4 is 11.8 Å². The molecule has 2 saturated heterocycles. The maximum Gasteiger partial charge on any atom is 0.237 e. The minimum Gasteiger partial charge on any atom is -0.355 e. The van der Waals surface area contributed by atoms with Gasteiger partial charge in [-0.1, -0.05) is 6.92 Å². The van der Waals surface area contributed by atoms with E-state index in [2.05, 4.69) is 27.8 Å². The summed E-state index contributed by atoms with van der Waals surface area (Å²) in [6.45, 7) is 4.58. The lowest BCUT2D eigenvalue weighted by atomic mass is 9.77. The van der Waals surface area contributed by atoms with Crippen molar-refractivity contribution in [1.82, 2.24) is 20.9 Å². The lowest BCUT2D eigenvalue weighted by Gasteiger charge is -2.37. The van der Waals surface area contributed by atoms with E-state index >= 15 is 0 Å². The highest BCUT2D eigenvalue weighted by molar-refractivity contribution is 5.82. The smallest absolute Gasteiger partial charge is 0.237 e. The number of fused-ring (bicyclic) bond motifs is 1. The van der Waals surface area contributed by atoms with Crippen LogP contribution in [0.25, 0.3) is 0 Å². The van der Waals surface area contributed by atoms with Gasteiger partial charge in [0.25, 0.3) is 0 Å². The van der Waals surface area contributed by atoms with Crippen LogP contribution in [0.5, 0.6) is 0 Å². The number of alkyl halides is 1. The Morgan fingerprint density at radius 1 is 1.18 bits per heavy atom. The molecule has 0 aromatic rings. The Morgan fingerprint density at radius 3 is 2.86 bits per heavy atom. The third-order valence-corrected chi connectivity index (χ3v) is 7.51. The maximum absolute atomic E-state index is 14.3. The van der Waals surface area contributed by atoms with Crippen molar-refractivity contribution in [3.8, 4) is 0 Å². The first-order valence-corrected chi connectivity index (χ1v) is 11.2. The minimum absolute atomic E-state index is 0.0132. The van der Waals surface area contributed by atoms with Crippen LogP contribution in [0.4, 0.5) is 4.39 Å². The van der Waals surface area contributed by atoms with Crippen LogP contribution in [0.1, 0.15) is 58.3 Å². The second kappa shape index (κ2) is 8.66. The van der Waals surface area contributed by atoms with E-state index in [1.807, 2.05) is 0 Å². The molecule has 6 nitrogen and oxygen atoms in total. The number of hydrogen-bond acceptors (Lipinski definition) is 4. The fraction of sp³-hybridized carbons (Fsp3) is 0.905. The molecule has 2 aliphatic heterocycles. The number of nitrogens with zero attached hydrogens (tertiary/aromatic N) is 1. The molecule has 158 valence electrons. The molecule has 2 amide bonds. The van der Waals surface area contributed by atoms with Crippen LogP contribution in [0.2, 0.25) is 0 Å². The largest absolute Gasteiger partial charge is 0.355 e. The zero-order valence-electron chi connectivity index (χ0n) is 17.0. The van der Waals surface area contributed by atoms with E-state index in [0.29, 0.717) is 37.8 Å². The Hall–Kier alpha value is -1.21. The van der Waals surface area contributed by atoms with Crippen LogP contribution in [0.3, 0.4) is 0 Å². The van der Waals surface area contributed by atoms with Crippen molar-refractivity contribution in [2.24, 2.45) is 11.8 Å². The van der Waals surface area contributed by atoms with Crippen LogP contribution in [0, 0.1) is 11.8 Å². The van der Waals surface area contributed by atoms with E-state index in [-0.39, 0.29) is 35.9 Å². The van der Waals surface area contributed by atoms with E-state index in [1.165, 1.54) is 0 Å². The maximum atomic E-state index is 14.3. The van der Waals surface area contributed by atoms with Gasteiger partial charge in [0.2, 0.25) is 11.8 Å². The van der Waals surface area contributed by atoms with E-state index < -0.39 is 6.17 Å². The van der Waals surface area contributed by atoms with Crippen molar-refractivity contribution in [3.63, 3.8) is 0 Å². The second-order valence-electron chi connectivity index (χ2n) is 9.38. The van der Waals surface area contributed by atoms with Crippen molar-refractivity contribution in [1.29, 1.82) is 0 Å². The molecule has 7 atom stereocenters. The summed E-state index contributed by atoms with van der Waals surface area (Å²) < 4.78 is 14.3. The lowest BCUT2D eigenvalue weighted by Crippen LogP contribution is -2.51. The zero-order valence-corrected chi connectivity index (χ0v) is 17.0. The molecule has 28 heavy (non-hydrogen) atoms. The fourth-order valence-electron chi connectivity index (χ4n) is 5.88. The lowest BCUT2D eigenvalue weighted by molar-refractivity contribution is -0.124. The van der Waals surface area contributed by atoms with Crippen molar-refractivity contribution in [3.05, 3.63) is 0 Å². The van der Waals surface area contributed by atoms with Crippen LogP contribution >= 0.6 is 0 Å². The molecule has 4 fully saturated rings. The van der Waals surface area contributed by atoms with Gasteiger partial charge < -0.3 is 16.0 Å². The number of carbonyl (C=O) groups is 2. The summed E-state index contributed by atoms with van der Waals surface area (Å²) in [5, 5.41) is 9.64. The van der Waals surface area contributed by atoms with E-state index in [0.717, 1.165) is 45.2 Å². The Bertz CT molecular complexity index is 571. The zero-order chi connectivity index (χ0) is 19.7. The Labute approximate surface area is 167 Å². The first-order chi connectivity index (χ1) is 13.5. The minimum atomic E-state index is -0.773. The molecular formula is C21H35FN4O2. The SMILES string of the molecule is CC1CCC(F)C2CC(C(=O)NC3CCCC(N4CCNC(=O)CC4)C3)NC12. The summed E-state index contributed by atoms with van der Waals surface area (Å²) in [6.07, 6.45) is 6.13. The van der Waals surface area contributed by atoms with Gasteiger partial charge >= 0.3 is 0 Å². The van der Waals surface area contributed by atoms with Gasteiger partial charge in [0.1, 0.15) is 6.17 Å². The van der Waals surface area contributed by atoms with E-state index in [4.69, 9.17) is 0 Å². The van der Waals surface area contributed by atoms with Crippen LogP contribution < -0.4 is 16.0 Å². The molecule has 7 heteroatoms. The number of halogens is 1. The monoisotopic (exact) mass is 394 g/mol. The third-order valence-electron chi connectivity index (χ3n) is 7.51. The van der Waals surface area contributed by atoms with Gasteiger partial charge in [-0.3, -0.25) is 14.5 Å². The molecule has 2 heterocycles. The first kappa shape index (κ1) is 20.1. The molecule has 0 bridgehead atoms. The van der Waals surface area contributed by atoms with Gasteiger partial charge in [0.15, 0.2) is 0 Å². The predicted octanol–water partition coefficient (Wildman–Crippen LogP) is 1.35. The standard InChI is InChI=1S/C21H35FN4O2/c1-13-5-6-17(22)16-12-18(25-20(13)16)21(28)24-14-3-2-4-15(11-14)26-9-7-19(27)23-8-10-26/h13-18,20,25H,2-12H2,1H3,(H,23,27)(H,24,28). The number of nitrogens with one attached hydrogen (secondary N) is 3. The highest BCUT2D eigenvalue weighted by atomic mass is 19.1. The highest BCUT2D eigenvalue weighted by Crippen LogP contribution is 2.38. The molecule has 7 unspecified atom stereocenters. The molecular weight excluding hydrogens is 359 g/mol. The average molecular weight is 395 g/mol. The van der Waals surface area contributed by atoms with Crippen molar-refractivity contribution in [2.45, 2.75) is 88.6 Å².